The van der Waals surface area contributed by atoms with Crippen molar-refractivity contribution in [1.82, 2.24) is 16.0 Å². The Bertz CT molecular complexity index is 607. The van der Waals surface area contributed by atoms with E-state index in [0.717, 1.165) is 50.7 Å². The molecule has 1 aliphatic rings. The largest absolute Gasteiger partial charge is 0.379 e. The van der Waals surface area contributed by atoms with Gasteiger partial charge in [0.2, 0.25) is 0 Å². The zero-order valence-electron chi connectivity index (χ0n) is 16.8. The summed E-state index contributed by atoms with van der Waals surface area (Å²) >= 11 is 0. The van der Waals surface area contributed by atoms with Gasteiger partial charge in [-0.1, -0.05) is 12.1 Å². The quantitative estimate of drug-likeness (QED) is 0.197. The number of aliphatic imine (C=N–C) groups is 1. The third-order valence-corrected chi connectivity index (χ3v) is 4.15. The molecule has 7 nitrogen and oxygen atoms in total. The molecule has 0 radical (unpaired) electrons. The fourth-order valence-electron chi connectivity index (χ4n) is 2.76. The molecule has 1 aliphatic heterocycles. The molecule has 28 heavy (non-hydrogen) atoms. The predicted molar refractivity (Wildman–Crippen MR) is 122 cm³/mol. The molecule has 3 N–H and O–H groups in total. The molecule has 158 valence electrons. The average Bonchev–Trinajstić information content (AvgIpc) is 3.19. The van der Waals surface area contributed by atoms with Crippen molar-refractivity contribution in [3.05, 3.63) is 35.4 Å². The van der Waals surface area contributed by atoms with Crippen LogP contribution in [0.4, 0.5) is 0 Å². The molecule has 2 rings (SSSR count). The lowest BCUT2D eigenvalue weighted by Crippen LogP contribution is -2.38. The first-order valence-electron chi connectivity index (χ1n) is 9.81. The highest BCUT2D eigenvalue weighted by Crippen LogP contribution is 2.08. The number of nitrogens with one attached hydrogen (secondary N) is 3. The minimum Gasteiger partial charge on any atom is -0.379 e. The van der Waals surface area contributed by atoms with Gasteiger partial charge >= 0.3 is 0 Å². The smallest absolute Gasteiger partial charge is 0.251 e. The summed E-state index contributed by atoms with van der Waals surface area (Å²) in [4.78, 5) is 16.6. The normalized spacial score (nSPS) is 16.4. The van der Waals surface area contributed by atoms with Gasteiger partial charge in [-0.15, -0.1) is 24.0 Å². The van der Waals surface area contributed by atoms with E-state index in [2.05, 4.69) is 20.9 Å². The monoisotopic (exact) mass is 504 g/mol. The summed E-state index contributed by atoms with van der Waals surface area (Å²) in [6.07, 6.45) is 2.16. The lowest BCUT2D eigenvalue weighted by molar-refractivity contribution is 0.0420. The van der Waals surface area contributed by atoms with Crippen LogP contribution in [0.2, 0.25) is 0 Å². The average molecular weight is 504 g/mol. The van der Waals surface area contributed by atoms with E-state index in [0.29, 0.717) is 25.3 Å². The molecule has 0 aromatic heterocycles. The number of carbonyl (C=O) groups excluding carboxylic acids is 1. The van der Waals surface area contributed by atoms with E-state index in [1.807, 2.05) is 38.1 Å². The summed E-state index contributed by atoms with van der Waals surface area (Å²) in [6, 6.07) is 7.57. The third kappa shape index (κ3) is 9.20. The molecule has 1 unspecified atom stereocenters. The Labute approximate surface area is 185 Å². The number of carbonyl (C=O) groups is 1. The number of amides is 1. The van der Waals surface area contributed by atoms with E-state index < -0.39 is 0 Å². The molecule has 1 aromatic rings. The molecule has 1 aromatic carbocycles. The molecular weight excluding hydrogens is 471 g/mol. The molecule has 0 aliphatic carbocycles. The lowest BCUT2D eigenvalue weighted by atomic mass is 10.1. The first-order valence-corrected chi connectivity index (χ1v) is 9.81. The molecule has 1 fully saturated rings. The van der Waals surface area contributed by atoms with Crippen LogP contribution in [0, 0.1) is 0 Å². The van der Waals surface area contributed by atoms with Gasteiger partial charge < -0.3 is 25.4 Å². The van der Waals surface area contributed by atoms with Crippen molar-refractivity contribution in [2.45, 2.75) is 39.3 Å². The van der Waals surface area contributed by atoms with Crippen molar-refractivity contribution in [1.29, 1.82) is 0 Å². The third-order valence-electron chi connectivity index (χ3n) is 4.15. The topological polar surface area (TPSA) is 84.0 Å². The van der Waals surface area contributed by atoms with E-state index in [-0.39, 0.29) is 36.0 Å². The summed E-state index contributed by atoms with van der Waals surface area (Å²) in [6.45, 7) is 8.90. The number of hydrogen-bond donors (Lipinski definition) is 3. The molecular formula is C20H33IN4O3. The molecule has 0 bridgehead atoms. The Hall–Kier alpha value is -1.39. The summed E-state index contributed by atoms with van der Waals surface area (Å²) < 4.78 is 11.1. The molecule has 1 saturated heterocycles. The zero-order valence-corrected chi connectivity index (χ0v) is 19.2. The summed E-state index contributed by atoms with van der Waals surface area (Å²) in [5, 5.41) is 9.38. The maximum absolute atomic E-state index is 11.9. The van der Waals surface area contributed by atoms with Crippen LogP contribution in [-0.4, -0.2) is 57.4 Å². The minimum atomic E-state index is -0.0546. The number of rotatable bonds is 10. The Kier molecular flexibility index (Phi) is 12.8. The van der Waals surface area contributed by atoms with Crippen LogP contribution < -0.4 is 16.0 Å². The van der Waals surface area contributed by atoms with Gasteiger partial charge in [0.15, 0.2) is 5.96 Å². The Morgan fingerprint density at radius 1 is 1.25 bits per heavy atom. The fraction of sp³-hybridized carbons (Fsp3) is 0.600. The van der Waals surface area contributed by atoms with Crippen molar-refractivity contribution >= 4 is 35.8 Å². The van der Waals surface area contributed by atoms with Gasteiger partial charge in [-0.25, -0.2) is 4.99 Å². The first-order chi connectivity index (χ1) is 13.2. The van der Waals surface area contributed by atoms with E-state index in [4.69, 9.17) is 9.47 Å². The van der Waals surface area contributed by atoms with E-state index >= 15 is 0 Å². The van der Waals surface area contributed by atoms with Gasteiger partial charge in [0.25, 0.3) is 5.91 Å². The number of benzene rings is 1. The number of nitrogens with zero attached hydrogens (tertiary/aromatic N) is 1. The standard InChI is InChI=1S/C20H32N4O3.HI/c1-3-21-19(25)17-8-5-7-16(13-17)14-24-20(22-4-2)23-10-6-11-27-18-9-12-26-15-18;/h5,7-8,13,18H,3-4,6,9-12,14-15H2,1-2H3,(H,21,25)(H2,22,23,24);1H. The number of halogens is 1. The number of guanidine groups is 1. The molecule has 8 heteroatoms. The molecule has 0 saturated carbocycles. The van der Waals surface area contributed by atoms with E-state index in [1.54, 1.807) is 0 Å². The molecule has 1 atom stereocenters. The predicted octanol–water partition coefficient (Wildman–Crippen LogP) is 2.31. The van der Waals surface area contributed by atoms with E-state index in [9.17, 15) is 4.79 Å². The van der Waals surface area contributed by atoms with Crippen LogP contribution in [-0.2, 0) is 16.0 Å². The van der Waals surface area contributed by atoms with Crippen LogP contribution in [0.5, 0.6) is 0 Å². The summed E-state index contributed by atoms with van der Waals surface area (Å²) in [7, 11) is 0. The molecule has 0 spiro atoms. The Balaban J connectivity index is 0.00000392. The van der Waals surface area contributed by atoms with E-state index in [1.165, 1.54) is 0 Å². The molecule has 1 heterocycles. The van der Waals surface area contributed by atoms with Crippen LogP contribution in [0.15, 0.2) is 29.3 Å². The van der Waals surface area contributed by atoms with Crippen molar-refractivity contribution in [2.75, 3.05) is 39.5 Å². The highest BCUT2D eigenvalue weighted by atomic mass is 127. The maximum Gasteiger partial charge on any atom is 0.251 e. The van der Waals surface area contributed by atoms with Gasteiger partial charge in [-0.3, -0.25) is 4.79 Å². The number of ether oxygens (including phenoxy) is 2. The SMILES string of the molecule is CCNC(=O)c1cccc(CN=C(NCC)NCCCOC2CCOC2)c1.I. The highest BCUT2D eigenvalue weighted by Gasteiger charge is 2.15. The number of hydrogen-bond acceptors (Lipinski definition) is 4. The van der Waals surface area contributed by atoms with Gasteiger partial charge in [-0.05, 0) is 44.4 Å². The second-order valence-corrected chi connectivity index (χ2v) is 6.39. The summed E-state index contributed by atoms with van der Waals surface area (Å²) in [5.74, 6) is 0.714. The lowest BCUT2D eigenvalue weighted by Gasteiger charge is -2.13. The second kappa shape index (κ2) is 14.6. The maximum atomic E-state index is 11.9. The van der Waals surface area contributed by atoms with Crippen molar-refractivity contribution in [2.24, 2.45) is 4.99 Å². The van der Waals surface area contributed by atoms with Crippen molar-refractivity contribution < 1.29 is 14.3 Å². The second-order valence-electron chi connectivity index (χ2n) is 6.39. The van der Waals surface area contributed by atoms with Gasteiger partial charge in [-0.2, -0.15) is 0 Å². The van der Waals surface area contributed by atoms with Crippen LogP contribution >= 0.6 is 24.0 Å². The minimum absolute atomic E-state index is 0. The van der Waals surface area contributed by atoms with Gasteiger partial charge in [0, 0.05) is 38.4 Å². The Morgan fingerprint density at radius 2 is 2.07 bits per heavy atom. The highest BCUT2D eigenvalue weighted by molar-refractivity contribution is 14.0. The van der Waals surface area contributed by atoms with Gasteiger partial charge in [0.05, 0.1) is 19.3 Å². The Morgan fingerprint density at radius 3 is 2.79 bits per heavy atom. The van der Waals surface area contributed by atoms with Crippen LogP contribution in [0.1, 0.15) is 42.6 Å². The van der Waals surface area contributed by atoms with Crippen LogP contribution in [0.3, 0.4) is 0 Å². The zero-order chi connectivity index (χ0) is 19.3. The summed E-state index contributed by atoms with van der Waals surface area (Å²) in [5.41, 5.74) is 1.66. The molecule has 1 amide bonds. The van der Waals surface area contributed by atoms with Crippen molar-refractivity contribution in [3.8, 4) is 0 Å². The van der Waals surface area contributed by atoms with Gasteiger partial charge in [0.1, 0.15) is 0 Å². The van der Waals surface area contributed by atoms with Crippen LogP contribution in [0.25, 0.3) is 0 Å². The fourth-order valence-corrected chi connectivity index (χ4v) is 2.76. The first kappa shape index (κ1) is 24.6. The van der Waals surface area contributed by atoms with Crippen molar-refractivity contribution in [3.63, 3.8) is 0 Å².